The number of rotatable bonds is 9. The van der Waals surface area contributed by atoms with Crippen molar-refractivity contribution in [2.75, 3.05) is 0 Å². The van der Waals surface area contributed by atoms with Crippen LogP contribution in [0.25, 0.3) is 33.4 Å². The predicted molar refractivity (Wildman–Crippen MR) is 273 cm³/mol. The Bertz CT molecular complexity index is 2840. The Hall–Kier alpha value is -7.82. The molecule has 1 heterocycles. The van der Waals surface area contributed by atoms with E-state index in [0.717, 1.165) is 33.4 Å². The van der Waals surface area contributed by atoms with Crippen LogP contribution in [0.15, 0.2) is 246 Å². The molecule has 9 rings (SSSR count). The van der Waals surface area contributed by atoms with Gasteiger partial charge >= 0.3 is 0 Å². The van der Waals surface area contributed by atoms with Gasteiger partial charge in [-0.3, -0.25) is 9.98 Å². The molecule has 0 bridgehead atoms. The molecule has 0 aliphatic heterocycles. The number of benzene rings is 7. The van der Waals surface area contributed by atoms with E-state index < -0.39 is 5.41 Å². The fourth-order valence-corrected chi connectivity index (χ4v) is 8.39. The highest BCUT2D eigenvalue weighted by atomic mass is 15.0. The zero-order valence-electron chi connectivity index (χ0n) is 37.1. The molecular formula is C60H54N4. The van der Waals surface area contributed by atoms with Gasteiger partial charge in [-0.05, 0) is 106 Å². The van der Waals surface area contributed by atoms with Gasteiger partial charge in [-0.2, -0.15) is 0 Å². The summed E-state index contributed by atoms with van der Waals surface area (Å²) in [5.41, 5.74) is 14.4. The highest BCUT2D eigenvalue weighted by Crippen LogP contribution is 2.58. The Balaban J connectivity index is 0.000000709. The minimum absolute atomic E-state index is 0.492. The van der Waals surface area contributed by atoms with Gasteiger partial charge in [0.15, 0.2) is 11.7 Å². The fourth-order valence-electron chi connectivity index (χ4n) is 8.39. The zero-order chi connectivity index (χ0) is 44.6. The van der Waals surface area contributed by atoms with E-state index in [2.05, 4.69) is 156 Å². The van der Waals surface area contributed by atoms with E-state index in [1.54, 1.807) is 0 Å². The molecule has 0 fully saturated rings. The van der Waals surface area contributed by atoms with Crippen LogP contribution in [0.2, 0.25) is 0 Å². The van der Waals surface area contributed by atoms with Crippen LogP contribution in [0.5, 0.6) is 0 Å². The summed E-state index contributed by atoms with van der Waals surface area (Å²) in [5.74, 6) is 1.13. The second kappa shape index (κ2) is 21.8. The SMILES string of the molecule is C/C=C\C=C/C.C=NC(=NC(=NCc1ccccc1)c1ccccc1)c1cccc(-c2cccc(-c3cccc4c3-c3ccccc3C4(c3ccccc3)c3ccncc3)c2)c1.CC. The van der Waals surface area contributed by atoms with Gasteiger partial charge in [0.05, 0.1) is 12.0 Å². The molecular weight excluding hydrogens is 777 g/mol. The number of aromatic nitrogens is 1. The van der Waals surface area contributed by atoms with E-state index in [-0.39, 0.29) is 0 Å². The number of hydrogen-bond acceptors (Lipinski definition) is 2. The van der Waals surface area contributed by atoms with Gasteiger partial charge in [0.25, 0.3) is 0 Å². The van der Waals surface area contributed by atoms with Crippen molar-refractivity contribution in [3.63, 3.8) is 0 Å². The van der Waals surface area contributed by atoms with Gasteiger partial charge < -0.3 is 0 Å². The molecule has 0 amide bonds. The first-order valence-corrected chi connectivity index (χ1v) is 22.0. The quantitative estimate of drug-likeness (QED) is 0.0812. The maximum Gasteiger partial charge on any atom is 0.161 e. The summed E-state index contributed by atoms with van der Waals surface area (Å²) in [6, 6.07) is 68.2. The van der Waals surface area contributed by atoms with Crippen molar-refractivity contribution in [2.24, 2.45) is 15.0 Å². The molecule has 0 spiro atoms. The van der Waals surface area contributed by atoms with Gasteiger partial charge in [0.1, 0.15) is 0 Å². The lowest BCUT2D eigenvalue weighted by Crippen LogP contribution is -2.28. The molecule has 4 nitrogen and oxygen atoms in total. The van der Waals surface area contributed by atoms with Gasteiger partial charge in [-0.25, -0.2) is 9.98 Å². The Morgan fingerprint density at radius 1 is 0.516 bits per heavy atom. The minimum Gasteiger partial charge on any atom is -0.265 e. The summed E-state index contributed by atoms with van der Waals surface area (Å²) in [7, 11) is 0. The molecule has 64 heavy (non-hydrogen) atoms. The molecule has 1 unspecified atom stereocenters. The van der Waals surface area contributed by atoms with Gasteiger partial charge in [-0.1, -0.05) is 208 Å². The highest BCUT2D eigenvalue weighted by molar-refractivity contribution is 6.13. The van der Waals surface area contributed by atoms with Crippen LogP contribution in [-0.2, 0) is 12.0 Å². The number of hydrogen-bond donors (Lipinski definition) is 0. The Morgan fingerprint density at radius 2 is 1.05 bits per heavy atom. The van der Waals surface area contributed by atoms with Crippen molar-refractivity contribution < 1.29 is 0 Å². The van der Waals surface area contributed by atoms with Crippen LogP contribution >= 0.6 is 0 Å². The average molecular weight is 831 g/mol. The Labute approximate surface area is 379 Å². The van der Waals surface area contributed by atoms with Crippen LogP contribution in [0.3, 0.4) is 0 Å². The molecule has 0 N–H and O–H groups in total. The van der Waals surface area contributed by atoms with Crippen LogP contribution in [-0.4, -0.2) is 23.4 Å². The van der Waals surface area contributed by atoms with E-state index in [1.807, 2.05) is 119 Å². The fraction of sp³-hybridized carbons (Fsp3) is 0.100. The first kappa shape index (κ1) is 44.2. The Morgan fingerprint density at radius 3 is 1.73 bits per heavy atom. The third kappa shape index (κ3) is 9.47. The van der Waals surface area contributed by atoms with Crippen LogP contribution in [0.1, 0.15) is 66.6 Å². The molecule has 1 aliphatic carbocycles. The lowest BCUT2D eigenvalue weighted by atomic mass is 9.68. The topological polar surface area (TPSA) is 50.0 Å². The molecule has 1 aliphatic rings. The third-order valence-corrected chi connectivity index (χ3v) is 11.2. The van der Waals surface area contributed by atoms with Gasteiger partial charge in [0, 0.05) is 23.5 Å². The van der Waals surface area contributed by atoms with Crippen LogP contribution < -0.4 is 0 Å². The second-order valence-corrected chi connectivity index (χ2v) is 14.9. The monoisotopic (exact) mass is 830 g/mol. The van der Waals surface area contributed by atoms with Gasteiger partial charge in [0.2, 0.25) is 0 Å². The average Bonchev–Trinajstić information content (AvgIpc) is 3.69. The molecule has 0 radical (unpaired) electrons. The molecule has 0 saturated carbocycles. The van der Waals surface area contributed by atoms with E-state index in [0.29, 0.717) is 18.2 Å². The normalized spacial score (nSPS) is 14.2. The summed E-state index contributed by atoms with van der Waals surface area (Å²) < 4.78 is 0. The van der Waals surface area contributed by atoms with Crippen molar-refractivity contribution >= 4 is 18.4 Å². The standard InChI is InChI=1S/C52H38N4.C6H10.C2H6/c1-53-50(56-51(38-18-7-3-8-19-38)55-36-37-16-5-2-6-17-37)42-23-14-21-40(35-42)39-20-13-22-41(34-39)45-27-15-29-48-49(45)46-26-11-12-28-47(46)52(48,43-24-9-4-10-25-43)44-30-32-54-33-31-44;1-3-5-6-4-2;1-2/h2-35H,1,36H2;3-6H,1-2H3;1-2H3/b;5-3-,6-4-;. The zero-order valence-corrected chi connectivity index (χ0v) is 37.1. The molecule has 314 valence electrons. The second-order valence-electron chi connectivity index (χ2n) is 14.9. The van der Waals surface area contributed by atoms with E-state index in [1.165, 1.54) is 38.9 Å². The first-order chi connectivity index (χ1) is 31.6. The van der Waals surface area contributed by atoms with Crippen LogP contribution in [0, 0.1) is 0 Å². The van der Waals surface area contributed by atoms with Crippen molar-refractivity contribution in [1.82, 2.24) is 4.98 Å². The lowest BCUT2D eigenvalue weighted by Gasteiger charge is -2.33. The lowest BCUT2D eigenvalue weighted by molar-refractivity contribution is 0.766. The minimum atomic E-state index is -0.492. The Kier molecular flexibility index (Phi) is 15.1. The number of pyridine rings is 1. The van der Waals surface area contributed by atoms with E-state index in [4.69, 9.17) is 9.98 Å². The highest BCUT2D eigenvalue weighted by Gasteiger charge is 2.46. The summed E-state index contributed by atoms with van der Waals surface area (Å²) in [6.45, 7) is 12.4. The summed E-state index contributed by atoms with van der Waals surface area (Å²) >= 11 is 0. The molecule has 8 aromatic rings. The van der Waals surface area contributed by atoms with Gasteiger partial charge in [-0.15, -0.1) is 0 Å². The maximum absolute atomic E-state index is 5.01. The summed E-state index contributed by atoms with van der Waals surface area (Å²) in [5, 5.41) is 0. The van der Waals surface area contributed by atoms with Crippen molar-refractivity contribution in [1.29, 1.82) is 0 Å². The van der Waals surface area contributed by atoms with Crippen molar-refractivity contribution in [3.05, 3.63) is 270 Å². The molecule has 1 aromatic heterocycles. The molecule has 1 atom stereocenters. The largest absolute Gasteiger partial charge is 0.265 e. The number of fused-ring (bicyclic) bond motifs is 3. The number of aliphatic imine (C=N–C) groups is 3. The number of allylic oxidation sites excluding steroid dienone is 4. The van der Waals surface area contributed by atoms with Crippen molar-refractivity contribution in [3.8, 4) is 33.4 Å². The predicted octanol–water partition coefficient (Wildman–Crippen LogP) is 15.0. The van der Waals surface area contributed by atoms with E-state index >= 15 is 0 Å². The van der Waals surface area contributed by atoms with Crippen LogP contribution in [0.4, 0.5) is 0 Å². The first-order valence-electron chi connectivity index (χ1n) is 22.0. The van der Waals surface area contributed by atoms with E-state index in [9.17, 15) is 0 Å². The third-order valence-electron chi connectivity index (χ3n) is 11.2. The smallest absolute Gasteiger partial charge is 0.161 e. The number of amidine groups is 2. The molecule has 4 heteroatoms. The van der Waals surface area contributed by atoms with Crippen molar-refractivity contribution in [2.45, 2.75) is 39.7 Å². The molecule has 0 saturated heterocycles. The summed E-state index contributed by atoms with van der Waals surface area (Å²) in [6.07, 6.45) is 11.8. The maximum atomic E-state index is 5.01. The molecule has 7 aromatic carbocycles. The number of nitrogens with zero attached hydrogens (tertiary/aromatic N) is 4. The summed E-state index contributed by atoms with van der Waals surface area (Å²) in [4.78, 5) is 18.8.